The number of carbonyl (C=O) groups excluding carboxylic acids is 1. The van der Waals surface area contributed by atoms with E-state index in [9.17, 15) is 4.79 Å². The van der Waals surface area contributed by atoms with Gasteiger partial charge in [-0.1, -0.05) is 23.7 Å². The molecular formula is C22H21ClN4O2. The molecule has 3 heterocycles. The zero-order chi connectivity index (χ0) is 20.5. The maximum absolute atomic E-state index is 13.0. The number of aromatic nitrogens is 2. The van der Waals surface area contributed by atoms with E-state index in [0.717, 1.165) is 28.1 Å². The molecule has 1 aromatic carbocycles. The number of urea groups is 1. The van der Waals surface area contributed by atoms with Gasteiger partial charge in [0.05, 0.1) is 12.2 Å². The number of carbonyl (C=O) groups is 1. The van der Waals surface area contributed by atoms with Crippen LogP contribution in [0.3, 0.4) is 0 Å². The van der Waals surface area contributed by atoms with Gasteiger partial charge >= 0.3 is 6.03 Å². The lowest BCUT2D eigenvalue weighted by Gasteiger charge is -2.30. The Labute approximate surface area is 174 Å². The maximum atomic E-state index is 13.0. The highest BCUT2D eigenvalue weighted by Gasteiger charge is 2.28. The van der Waals surface area contributed by atoms with Crippen LogP contribution in [0, 0.1) is 20.8 Å². The maximum Gasteiger partial charge on any atom is 0.328 e. The Morgan fingerprint density at radius 2 is 1.97 bits per heavy atom. The van der Waals surface area contributed by atoms with E-state index in [1.807, 2.05) is 63.2 Å². The first kappa shape index (κ1) is 19.2. The van der Waals surface area contributed by atoms with Crippen LogP contribution in [0.1, 0.15) is 16.8 Å². The van der Waals surface area contributed by atoms with Crippen molar-refractivity contribution in [2.24, 2.45) is 0 Å². The SMILES string of the molecule is Cc1cc(C)nc(NC(=O)N2CCOc3c(C)cc(-c4cccc(Cl)c4)nc32)c1. The summed E-state index contributed by atoms with van der Waals surface area (Å²) >= 11 is 6.14. The molecule has 0 unspecified atom stereocenters. The predicted octanol–water partition coefficient (Wildman–Crippen LogP) is 5.15. The van der Waals surface area contributed by atoms with E-state index < -0.39 is 0 Å². The zero-order valence-electron chi connectivity index (χ0n) is 16.5. The van der Waals surface area contributed by atoms with Crippen LogP contribution >= 0.6 is 11.6 Å². The minimum atomic E-state index is -0.290. The van der Waals surface area contributed by atoms with Crippen molar-refractivity contribution in [1.82, 2.24) is 9.97 Å². The lowest BCUT2D eigenvalue weighted by molar-refractivity contribution is 0.249. The molecule has 0 fully saturated rings. The lowest BCUT2D eigenvalue weighted by Crippen LogP contribution is -2.41. The summed E-state index contributed by atoms with van der Waals surface area (Å²) in [5.41, 5.74) is 4.40. The molecule has 7 heteroatoms. The number of nitrogens with one attached hydrogen (secondary N) is 1. The Kier molecular flexibility index (Phi) is 5.11. The Bertz CT molecular complexity index is 1080. The third-order valence-corrected chi connectivity index (χ3v) is 4.89. The highest BCUT2D eigenvalue weighted by molar-refractivity contribution is 6.30. The molecule has 0 bridgehead atoms. The highest BCUT2D eigenvalue weighted by Crippen LogP contribution is 2.36. The van der Waals surface area contributed by atoms with E-state index in [2.05, 4.69) is 10.3 Å². The largest absolute Gasteiger partial charge is 0.488 e. The minimum absolute atomic E-state index is 0.290. The molecule has 29 heavy (non-hydrogen) atoms. The van der Waals surface area contributed by atoms with Crippen molar-refractivity contribution in [2.75, 3.05) is 23.4 Å². The van der Waals surface area contributed by atoms with Crippen molar-refractivity contribution < 1.29 is 9.53 Å². The molecule has 148 valence electrons. The van der Waals surface area contributed by atoms with E-state index in [4.69, 9.17) is 21.3 Å². The van der Waals surface area contributed by atoms with Gasteiger partial charge in [-0.15, -0.1) is 0 Å². The van der Waals surface area contributed by atoms with Crippen molar-refractivity contribution in [2.45, 2.75) is 20.8 Å². The minimum Gasteiger partial charge on any atom is -0.488 e. The summed E-state index contributed by atoms with van der Waals surface area (Å²) in [6, 6.07) is 12.9. The van der Waals surface area contributed by atoms with Crippen LogP contribution < -0.4 is 15.0 Å². The van der Waals surface area contributed by atoms with Gasteiger partial charge in [0, 0.05) is 16.3 Å². The van der Waals surface area contributed by atoms with E-state index in [1.54, 1.807) is 4.90 Å². The van der Waals surface area contributed by atoms with Gasteiger partial charge in [0.15, 0.2) is 11.6 Å². The van der Waals surface area contributed by atoms with Crippen LogP contribution in [0.4, 0.5) is 16.4 Å². The molecule has 2 amide bonds. The molecule has 3 aromatic rings. The predicted molar refractivity (Wildman–Crippen MR) is 115 cm³/mol. The molecule has 1 aliphatic heterocycles. The number of aryl methyl sites for hydroxylation is 3. The van der Waals surface area contributed by atoms with Gasteiger partial charge in [0.1, 0.15) is 12.4 Å². The van der Waals surface area contributed by atoms with E-state index in [1.165, 1.54) is 0 Å². The highest BCUT2D eigenvalue weighted by atomic mass is 35.5. The van der Waals surface area contributed by atoms with Gasteiger partial charge in [0.25, 0.3) is 0 Å². The first-order valence-electron chi connectivity index (χ1n) is 9.35. The van der Waals surface area contributed by atoms with Crippen molar-refractivity contribution in [3.8, 4) is 17.0 Å². The fourth-order valence-corrected chi connectivity index (χ4v) is 3.62. The first-order valence-corrected chi connectivity index (χ1v) is 9.73. The number of fused-ring (bicyclic) bond motifs is 1. The molecule has 1 N–H and O–H groups in total. The molecule has 0 saturated heterocycles. The molecule has 4 rings (SSSR count). The Morgan fingerprint density at radius 1 is 1.14 bits per heavy atom. The molecular weight excluding hydrogens is 388 g/mol. The molecule has 0 radical (unpaired) electrons. The second kappa shape index (κ2) is 7.72. The number of pyridine rings is 2. The number of amides is 2. The summed E-state index contributed by atoms with van der Waals surface area (Å²) in [5, 5.41) is 3.51. The van der Waals surface area contributed by atoms with Gasteiger partial charge in [-0.3, -0.25) is 10.2 Å². The van der Waals surface area contributed by atoms with Gasteiger partial charge in [-0.05, 0) is 62.2 Å². The van der Waals surface area contributed by atoms with Crippen molar-refractivity contribution in [1.29, 1.82) is 0 Å². The van der Waals surface area contributed by atoms with Gasteiger partial charge in [0.2, 0.25) is 0 Å². The van der Waals surface area contributed by atoms with Gasteiger partial charge < -0.3 is 4.74 Å². The topological polar surface area (TPSA) is 67.4 Å². The number of anilines is 2. The van der Waals surface area contributed by atoms with Gasteiger partial charge in [-0.2, -0.15) is 0 Å². The Hall–Kier alpha value is -3.12. The summed E-state index contributed by atoms with van der Waals surface area (Å²) in [5.74, 6) is 1.63. The molecule has 0 spiro atoms. The average Bonchev–Trinajstić information content (AvgIpc) is 2.66. The lowest BCUT2D eigenvalue weighted by atomic mass is 10.1. The van der Waals surface area contributed by atoms with Crippen LogP contribution in [-0.4, -0.2) is 29.2 Å². The first-order chi connectivity index (χ1) is 13.9. The summed E-state index contributed by atoms with van der Waals surface area (Å²) in [6.07, 6.45) is 0. The average molecular weight is 409 g/mol. The summed E-state index contributed by atoms with van der Waals surface area (Å²) in [4.78, 5) is 23.7. The monoisotopic (exact) mass is 408 g/mol. The Morgan fingerprint density at radius 3 is 2.72 bits per heavy atom. The number of halogens is 1. The summed E-state index contributed by atoms with van der Waals surface area (Å²) in [6.45, 7) is 6.61. The van der Waals surface area contributed by atoms with Crippen LogP contribution in [0.15, 0.2) is 42.5 Å². The molecule has 1 aliphatic rings. The van der Waals surface area contributed by atoms with E-state index in [0.29, 0.717) is 35.6 Å². The smallest absolute Gasteiger partial charge is 0.328 e. The fraction of sp³-hybridized carbons (Fsp3) is 0.227. The Balaban J connectivity index is 1.70. The molecule has 6 nitrogen and oxygen atoms in total. The van der Waals surface area contributed by atoms with E-state index >= 15 is 0 Å². The van der Waals surface area contributed by atoms with Crippen molar-refractivity contribution >= 4 is 29.3 Å². The van der Waals surface area contributed by atoms with Crippen LogP contribution in [0.25, 0.3) is 11.3 Å². The summed E-state index contributed by atoms with van der Waals surface area (Å²) in [7, 11) is 0. The van der Waals surface area contributed by atoms with Crippen molar-refractivity contribution in [3.05, 3.63) is 64.3 Å². The number of ether oxygens (including phenoxy) is 1. The normalized spacial score (nSPS) is 12.9. The summed E-state index contributed by atoms with van der Waals surface area (Å²) < 4.78 is 5.81. The number of hydrogen-bond donors (Lipinski definition) is 1. The van der Waals surface area contributed by atoms with Crippen molar-refractivity contribution in [3.63, 3.8) is 0 Å². The zero-order valence-corrected chi connectivity index (χ0v) is 17.2. The second-order valence-corrected chi connectivity index (χ2v) is 7.53. The molecule has 0 saturated carbocycles. The van der Waals surface area contributed by atoms with E-state index in [-0.39, 0.29) is 6.03 Å². The van der Waals surface area contributed by atoms with Crippen LogP contribution in [0.5, 0.6) is 5.75 Å². The van der Waals surface area contributed by atoms with Crippen LogP contribution in [-0.2, 0) is 0 Å². The molecule has 0 atom stereocenters. The standard InChI is InChI=1S/C22H21ClN4O2/c1-13-9-15(3)24-19(10-13)26-22(28)27-7-8-29-20-14(2)11-18(25-21(20)27)16-5-4-6-17(23)12-16/h4-6,9-12H,7-8H2,1-3H3,(H,24,26,28). The quantitative estimate of drug-likeness (QED) is 0.636. The third-order valence-electron chi connectivity index (χ3n) is 4.66. The van der Waals surface area contributed by atoms with Crippen LogP contribution in [0.2, 0.25) is 5.02 Å². The number of hydrogen-bond acceptors (Lipinski definition) is 4. The fourth-order valence-electron chi connectivity index (χ4n) is 3.43. The number of rotatable bonds is 2. The number of benzene rings is 1. The third kappa shape index (κ3) is 4.03. The van der Waals surface area contributed by atoms with Gasteiger partial charge in [-0.25, -0.2) is 14.8 Å². The number of nitrogens with zero attached hydrogens (tertiary/aromatic N) is 3. The second-order valence-electron chi connectivity index (χ2n) is 7.09. The molecule has 0 aliphatic carbocycles. The molecule has 2 aromatic heterocycles.